The van der Waals surface area contributed by atoms with Crippen molar-refractivity contribution in [2.24, 2.45) is 5.73 Å². The molecule has 0 saturated carbocycles. The average molecular weight is 282 g/mol. The average Bonchev–Trinajstić information content (AvgIpc) is 2.55. The number of hydrogen-bond donors (Lipinski definition) is 2. The van der Waals surface area contributed by atoms with Gasteiger partial charge in [0.2, 0.25) is 0 Å². The van der Waals surface area contributed by atoms with Crippen LogP contribution in [-0.4, -0.2) is 29.7 Å². The lowest BCUT2D eigenvalue weighted by molar-refractivity contribution is 0.128. The van der Waals surface area contributed by atoms with Crippen LogP contribution in [0.4, 0.5) is 0 Å². The summed E-state index contributed by atoms with van der Waals surface area (Å²) in [4.78, 5) is 2.34. The molecule has 0 bridgehead atoms. The molecular weight excluding hydrogens is 260 g/mol. The highest BCUT2D eigenvalue weighted by atomic mass is 16.3. The van der Waals surface area contributed by atoms with Crippen molar-refractivity contribution in [3.8, 4) is 0 Å². The Balaban J connectivity index is 1.77. The molecule has 1 aliphatic rings. The Morgan fingerprint density at radius 2 is 1.67 bits per heavy atom. The molecule has 110 valence electrons. The molecule has 0 spiro atoms. The zero-order valence-corrected chi connectivity index (χ0v) is 12.2. The SMILES string of the molecule is NC(CO)(CN1CCc2ccccc2C1)c1ccccc1. The van der Waals surface area contributed by atoms with Crippen LogP contribution in [0, 0.1) is 0 Å². The Kier molecular flexibility index (Phi) is 4.06. The summed E-state index contributed by atoms with van der Waals surface area (Å²) in [6, 6.07) is 18.5. The third-order valence-electron chi connectivity index (χ3n) is 4.35. The molecule has 21 heavy (non-hydrogen) atoms. The van der Waals surface area contributed by atoms with Gasteiger partial charge in [-0.05, 0) is 23.1 Å². The fourth-order valence-corrected chi connectivity index (χ4v) is 3.09. The molecule has 3 nitrogen and oxygen atoms in total. The van der Waals surface area contributed by atoms with Crippen LogP contribution in [0.15, 0.2) is 54.6 Å². The summed E-state index contributed by atoms with van der Waals surface area (Å²) in [6.07, 6.45) is 1.05. The smallest absolute Gasteiger partial charge is 0.0773 e. The van der Waals surface area contributed by atoms with Gasteiger partial charge in [-0.2, -0.15) is 0 Å². The van der Waals surface area contributed by atoms with E-state index in [0.29, 0.717) is 6.54 Å². The highest BCUT2D eigenvalue weighted by molar-refractivity contribution is 5.30. The maximum absolute atomic E-state index is 9.81. The van der Waals surface area contributed by atoms with Gasteiger partial charge in [-0.3, -0.25) is 4.90 Å². The molecular formula is C18H22N2O. The highest BCUT2D eigenvalue weighted by Gasteiger charge is 2.30. The summed E-state index contributed by atoms with van der Waals surface area (Å²) in [5.74, 6) is 0. The first kappa shape index (κ1) is 14.3. The third kappa shape index (κ3) is 3.00. The van der Waals surface area contributed by atoms with Gasteiger partial charge >= 0.3 is 0 Å². The zero-order chi connectivity index (χ0) is 14.7. The summed E-state index contributed by atoms with van der Waals surface area (Å²) in [5, 5.41) is 9.81. The first-order chi connectivity index (χ1) is 10.2. The molecule has 3 heteroatoms. The van der Waals surface area contributed by atoms with Crippen molar-refractivity contribution in [2.75, 3.05) is 19.7 Å². The second-order valence-corrected chi connectivity index (χ2v) is 5.91. The fraction of sp³-hybridized carbons (Fsp3) is 0.333. The van der Waals surface area contributed by atoms with Gasteiger partial charge in [0.15, 0.2) is 0 Å². The highest BCUT2D eigenvalue weighted by Crippen LogP contribution is 2.24. The van der Waals surface area contributed by atoms with Crippen LogP contribution < -0.4 is 5.73 Å². The fourth-order valence-electron chi connectivity index (χ4n) is 3.09. The Labute approximate surface area is 126 Å². The van der Waals surface area contributed by atoms with E-state index in [1.165, 1.54) is 11.1 Å². The molecule has 1 atom stereocenters. The number of rotatable bonds is 4. The molecule has 2 aromatic carbocycles. The molecule has 1 unspecified atom stereocenters. The molecule has 1 aliphatic heterocycles. The van der Waals surface area contributed by atoms with E-state index in [9.17, 15) is 5.11 Å². The lowest BCUT2D eigenvalue weighted by atomic mass is 9.90. The van der Waals surface area contributed by atoms with Crippen molar-refractivity contribution in [3.05, 3.63) is 71.3 Å². The number of aliphatic hydroxyl groups excluding tert-OH is 1. The zero-order valence-electron chi connectivity index (χ0n) is 12.2. The largest absolute Gasteiger partial charge is 0.394 e. The van der Waals surface area contributed by atoms with Crippen LogP contribution in [0.25, 0.3) is 0 Å². The molecule has 0 aromatic heterocycles. The van der Waals surface area contributed by atoms with Gasteiger partial charge in [0, 0.05) is 19.6 Å². The van der Waals surface area contributed by atoms with Crippen LogP contribution in [0.2, 0.25) is 0 Å². The predicted octanol–water partition coefficient (Wildman–Crippen LogP) is 1.89. The quantitative estimate of drug-likeness (QED) is 0.900. The van der Waals surface area contributed by atoms with Gasteiger partial charge in [0.1, 0.15) is 0 Å². The molecule has 3 N–H and O–H groups in total. The normalized spacial score (nSPS) is 18.0. The van der Waals surface area contributed by atoms with Crippen molar-refractivity contribution in [1.82, 2.24) is 4.90 Å². The number of fused-ring (bicyclic) bond motifs is 1. The summed E-state index contributed by atoms with van der Waals surface area (Å²) in [5.41, 5.74) is 9.57. The topological polar surface area (TPSA) is 49.5 Å². The Morgan fingerprint density at radius 1 is 1.00 bits per heavy atom. The molecule has 0 aliphatic carbocycles. The minimum absolute atomic E-state index is 0.0465. The van der Waals surface area contributed by atoms with Crippen LogP contribution in [-0.2, 0) is 18.5 Å². The third-order valence-corrected chi connectivity index (χ3v) is 4.35. The van der Waals surface area contributed by atoms with Crippen molar-refractivity contribution < 1.29 is 5.11 Å². The van der Waals surface area contributed by atoms with Gasteiger partial charge in [0.25, 0.3) is 0 Å². The number of aliphatic hydroxyl groups is 1. The molecule has 0 saturated heterocycles. The van der Waals surface area contributed by atoms with Gasteiger partial charge in [-0.1, -0.05) is 54.6 Å². The number of nitrogens with zero attached hydrogens (tertiary/aromatic N) is 1. The Morgan fingerprint density at radius 3 is 2.38 bits per heavy atom. The standard InChI is InChI=1S/C18H22N2O/c19-18(14-21,17-8-2-1-3-9-17)13-20-11-10-15-6-4-5-7-16(15)12-20/h1-9,21H,10-14,19H2. The van der Waals surface area contributed by atoms with Crippen LogP contribution in [0.5, 0.6) is 0 Å². The lowest BCUT2D eigenvalue weighted by Gasteiger charge is -2.37. The molecule has 2 aromatic rings. The van der Waals surface area contributed by atoms with E-state index in [4.69, 9.17) is 5.73 Å². The van der Waals surface area contributed by atoms with Gasteiger partial charge < -0.3 is 10.8 Å². The summed E-state index contributed by atoms with van der Waals surface area (Å²) in [6.45, 7) is 2.52. The molecule has 0 amide bonds. The molecule has 0 radical (unpaired) electrons. The molecule has 3 rings (SSSR count). The second-order valence-electron chi connectivity index (χ2n) is 5.91. The van der Waals surface area contributed by atoms with E-state index in [2.05, 4.69) is 29.2 Å². The predicted molar refractivity (Wildman–Crippen MR) is 84.8 cm³/mol. The van der Waals surface area contributed by atoms with E-state index in [-0.39, 0.29) is 6.61 Å². The van der Waals surface area contributed by atoms with Crippen LogP contribution in [0.1, 0.15) is 16.7 Å². The summed E-state index contributed by atoms with van der Waals surface area (Å²) >= 11 is 0. The first-order valence-corrected chi connectivity index (χ1v) is 7.46. The first-order valence-electron chi connectivity index (χ1n) is 7.46. The van der Waals surface area contributed by atoms with E-state index >= 15 is 0 Å². The molecule has 1 heterocycles. The number of nitrogens with two attached hydrogens (primary N) is 1. The van der Waals surface area contributed by atoms with Gasteiger partial charge in [0.05, 0.1) is 12.1 Å². The Bertz CT molecular complexity index is 599. The van der Waals surface area contributed by atoms with Crippen LogP contribution in [0.3, 0.4) is 0 Å². The van der Waals surface area contributed by atoms with E-state index in [0.717, 1.165) is 25.1 Å². The monoisotopic (exact) mass is 282 g/mol. The van der Waals surface area contributed by atoms with Crippen molar-refractivity contribution in [3.63, 3.8) is 0 Å². The number of benzene rings is 2. The maximum Gasteiger partial charge on any atom is 0.0773 e. The van der Waals surface area contributed by atoms with E-state index < -0.39 is 5.54 Å². The van der Waals surface area contributed by atoms with Crippen molar-refractivity contribution in [1.29, 1.82) is 0 Å². The maximum atomic E-state index is 9.81. The summed E-state index contributed by atoms with van der Waals surface area (Å²) < 4.78 is 0. The van der Waals surface area contributed by atoms with E-state index in [1.54, 1.807) is 0 Å². The van der Waals surface area contributed by atoms with Crippen molar-refractivity contribution in [2.45, 2.75) is 18.5 Å². The summed E-state index contributed by atoms with van der Waals surface area (Å²) in [7, 11) is 0. The lowest BCUT2D eigenvalue weighted by Crippen LogP contribution is -2.51. The van der Waals surface area contributed by atoms with Gasteiger partial charge in [-0.15, -0.1) is 0 Å². The van der Waals surface area contributed by atoms with Gasteiger partial charge in [-0.25, -0.2) is 0 Å². The molecule has 0 fully saturated rings. The number of hydrogen-bond acceptors (Lipinski definition) is 3. The minimum Gasteiger partial charge on any atom is -0.394 e. The van der Waals surface area contributed by atoms with Crippen molar-refractivity contribution >= 4 is 0 Å². The second kappa shape index (κ2) is 5.98. The minimum atomic E-state index is -0.701. The van der Waals surface area contributed by atoms with E-state index in [1.807, 2.05) is 30.3 Å². The Hall–Kier alpha value is -1.68. The van der Waals surface area contributed by atoms with Crippen LogP contribution >= 0.6 is 0 Å².